The largest absolute Gasteiger partial charge is 0.497 e. The van der Waals surface area contributed by atoms with Gasteiger partial charge in [0.2, 0.25) is 11.8 Å². The number of methoxy groups -OCH3 is 2. The zero-order valence-corrected chi connectivity index (χ0v) is 15.7. The predicted molar refractivity (Wildman–Crippen MR) is 95.6 cm³/mol. The summed E-state index contributed by atoms with van der Waals surface area (Å²) in [7, 11) is 3.15. The quantitative estimate of drug-likeness (QED) is 0.705. The predicted octanol–water partition coefficient (Wildman–Crippen LogP) is 2.09. The lowest BCUT2D eigenvalue weighted by atomic mass is 10.2. The van der Waals surface area contributed by atoms with E-state index in [0.717, 1.165) is 0 Å². The Morgan fingerprint density at radius 1 is 1.15 bits per heavy atom. The summed E-state index contributed by atoms with van der Waals surface area (Å²) < 4.78 is 21.5. The first kappa shape index (κ1) is 18.5. The van der Waals surface area contributed by atoms with Crippen molar-refractivity contribution >= 4 is 17.7 Å². The molecule has 9 heteroatoms. The van der Waals surface area contributed by atoms with Crippen LogP contribution in [0.15, 0.2) is 27.8 Å². The third-order valence-electron chi connectivity index (χ3n) is 3.95. The van der Waals surface area contributed by atoms with E-state index in [4.69, 9.17) is 18.6 Å². The van der Waals surface area contributed by atoms with Crippen LogP contribution in [0.1, 0.15) is 6.92 Å². The van der Waals surface area contributed by atoms with E-state index in [1.807, 2.05) is 6.92 Å². The number of nitrogens with zero attached hydrogens (tertiary/aromatic N) is 3. The van der Waals surface area contributed by atoms with Crippen LogP contribution in [-0.2, 0) is 9.53 Å². The number of hydrogen-bond acceptors (Lipinski definition) is 8. The number of rotatable bonds is 6. The van der Waals surface area contributed by atoms with Gasteiger partial charge in [-0.3, -0.25) is 4.79 Å². The van der Waals surface area contributed by atoms with Crippen molar-refractivity contribution in [3.05, 3.63) is 18.2 Å². The number of morpholine rings is 1. The van der Waals surface area contributed by atoms with Gasteiger partial charge >= 0.3 is 0 Å². The summed E-state index contributed by atoms with van der Waals surface area (Å²) in [6.45, 7) is 4.21. The Balaban J connectivity index is 1.70. The van der Waals surface area contributed by atoms with Crippen molar-refractivity contribution in [2.45, 2.75) is 17.4 Å². The summed E-state index contributed by atoms with van der Waals surface area (Å²) in [6.07, 6.45) is 0. The lowest BCUT2D eigenvalue weighted by Gasteiger charge is -2.28. The Kier molecular flexibility index (Phi) is 6.00. The third-order valence-corrected chi connectivity index (χ3v) is 4.87. The molecule has 2 aromatic rings. The number of aromatic nitrogens is 2. The highest BCUT2D eigenvalue weighted by Crippen LogP contribution is 2.31. The van der Waals surface area contributed by atoms with Crippen LogP contribution < -0.4 is 9.47 Å². The molecule has 1 aromatic heterocycles. The van der Waals surface area contributed by atoms with E-state index >= 15 is 0 Å². The number of ether oxygens (including phenoxy) is 3. The van der Waals surface area contributed by atoms with E-state index in [9.17, 15) is 4.79 Å². The van der Waals surface area contributed by atoms with Crippen LogP contribution in [0.3, 0.4) is 0 Å². The molecule has 3 rings (SSSR count). The van der Waals surface area contributed by atoms with Gasteiger partial charge in [0.1, 0.15) is 11.5 Å². The SMILES string of the molecule is COc1cc(OC)cc(-c2nnc(S[C@@H](C)C(=O)N3CCOCC3)o2)c1. The zero-order valence-electron chi connectivity index (χ0n) is 14.9. The Morgan fingerprint density at radius 3 is 2.42 bits per heavy atom. The average molecular weight is 379 g/mol. The van der Waals surface area contributed by atoms with Crippen LogP contribution in [0, 0.1) is 0 Å². The van der Waals surface area contributed by atoms with E-state index < -0.39 is 0 Å². The minimum Gasteiger partial charge on any atom is -0.497 e. The fourth-order valence-corrected chi connectivity index (χ4v) is 3.31. The maximum atomic E-state index is 12.5. The molecule has 1 aliphatic rings. The molecule has 0 saturated carbocycles. The highest BCUT2D eigenvalue weighted by molar-refractivity contribution is 8.00. The second-order valence-electron chi connectivity index (χ2n) is 5.67. The molecule has 1 aliphatic heterocycles. The molecule has 1 fully saturated rings. The monoisotopic (exact) mass is 379 g/mol. The highest BCUT2D eigenvalue weighted by Gasteiger charge is 2.25. The molecule has 26 heavy (non-hydrogen) atoms. The minimum atomic E-state index is -0.318. The summed E-state index contributed by atoms with van der Waals surface area (Å²) >= 11 is 1.25. The molecule has 140 valence electrons. The number of carbonyl (C=O) groups excluding carboxylic acids is 1. The molecule has 0 unspecified atom stereocenters. The Labute approximate surface area is 155 Å². The van der Waals surface area contributed by atoms with Crippen LogP contribution in [-0.4, -0.2) is 66.8 Å². The molecular formula is C17H21N3O5S. The lowest BCUT2D eigenvalue weighted by molar-refractivity contribution is -0.134. The summed E-state index contributed by atoms with van der Waals surface area (Å²) in [5.74, 6) is 1.64. The Bertz CT molecular complexity index is 738. The van der Waals surface area contributed by atoms with Crippen LogP contribution in [0.5, 0.6) is 11.5 Å². The van der Waals surface area contributed by atoms with E-state index in [-0.39, 0.29) is 11.2 Å². The standard InChI is InChI=1S/C17H21N3O5S/c1-11(16(21)20-4-6-24-7-5-20)26-17-19-18-15(25-17)12-8-13(22-2)10-14(9-12)23-3/h8-11H,4-7H2,1-3H3/t11-/m0/s1. The Hall–Kier alpha value is -2.26. The fourth-order valence-electron chi connectivity index (χ4n) is 2.55. The van der Waals surface area contributed by atoms with Gasteiger partial charge in [-0.15, -0.1) is 10.2 Å². The van der Waals surface area contributed by atoms with Gasteiger partial charge in [-0.25, -0.2) is 0 Å². The molecule has 8 nitrogen and oxygen atoms in total. The topological polar surface area (TPSA) is 86.9 Å². The van der Waals surface area contributed by atoms with E-state index in [1.54, 1.807) is 37.3 Å². The highest BCUT2D eigenvalue weighted by atomic mass is 32.2. The summed E-state index contributed by atoms with van der Waals surface area (Å²) in [5.41, 5.74) is 0.688. The molecule has 0 radical (unpaired) electrons. The third kappa shape index (κ3) is 4.28. The maximum absolute atomic E-state index is 12.5. The summed E-state index contributed by atoms with van der Waals surface area (Å²) in [5, 5.41) is 8.13. The van der Waals surface area contributed by atoms with Crippen LogP contribution >= 0.6 is 11.8 Å². The molecule has 1 aromatic carbocycles. The van der Waals surface area contributed by atoms with Gasteiger partial charge in [-0.1, -0.05) is 11.8 Å². The van der Waals surface area contributed by atoms with E-state index in [1.165, 1.54) is 11.8 Å². The lowest BCUT2D eigenvalue weighted by Crippen LogP contribution is -2.44. The van der Waals surface area contributed by atoms with Gasteiger partial charge in [0.25, 0.3) is 5.22 Å². The van der Waals surface area contributed by atoms with Crippen molar-refractivity contribution < 1.29 is 23.4 Å². The first-order chi connectivity index (χ1) is 12.6. The minimum absolute atomic E-state index is 0.0427. The fraction of sp³-hybridized carbons (Fsp3) is 0.471. The van der Waals surface area contributed by atoms with E-state index in [0.29, 0.717) is 54.5 Å². The molecule has 0 aliphatic carbocycles. The van der Waals surface area contributed by atoms with Crippen molar-refractivity contribution in [2.24, 2.45) is 0 Å². The average Bonchev–Trinajstić information content (AvgIpc) is 3.16. The molecule has 2 heterocycles. The normalized spacial score (nSPS) is 15.6. The van der Waals surface area contributed by atoms with Crippen LogP contribution in [0.4, 0.5) is 0 Å². The number of hydrogen-bond donors (Lipinski definition) is 0. The molecule has 1 atom stereocenters. The molecule has 1 saturated heterocycles. The number of benzene rings is 1. The van der Waals surface area contributed by atoms with Crippen molar-refractivity contribution in [2.75, 3.05) is 40.5 Å². The van der Waals surface area contributed by atoms with Gasteiger partial charge in [0.15, 0.2) is 0 Å². The van der Waals surface area contributed by atoms with Gasteiger partial charge in [-0.2, -0.15) is 0 Å². The maximum Gasteiger partial charge on any atom is 0.277 e. The van der Waals surface area contributed by atoms with E-state index in [2.05, 4.69) is 10.2 Å². The van der Waals surface area contributed by atoms with Crippen LogP contribution in [0.2, 0.25) is 0 Å². The first-order valence-electron chi connectivity index (χ1n) is 8.21. The van der Waals surface area contributed by atoms with Gasteiger partial charge in [0, 0.05) is 24.7 Å². The molecule has 0 spiro atoms. The van der Waals surface area contributed by atoms with Gasteiger partial charge < -0.3 is 23.5 Å². The number of carbonyl (C=O) groups is 1. The van der Waals surface area contributed by atoms with Crippen molar-refractivity contribution in [3.63, 3.8) is 0 Å². The second-order valence-corrected chi connectivity index (χ2v) is 6.96. The van der Waals surface area contributed by atoms with Gasteiger partial charge in [-0.05, 0) is 19.1 Å². The smallest absolute Gasteiger partial charge is 0.277 e. The Morgan fingerprint density at radius 2 is 1.81 bits per heavy atom. The molecule has 0 N–H and O–H groups in total. The second kappa shape index (κ2) is 8.41. The number of thioether (sulfide) groups is 1. The van der Waals surface area contributed by atoms with Crippen molar-refractivity contribution in [1.82, 2.24) is 15.1 Å². The van der Waals surface area contributed by atoms with Gasteiger partial charge in [0.05, 0.1) is 32.7 Å². The molecule has 0 bridgehead atoms. The van der Waals surface area contributed by atoms with Crippen LogP contribution in [0.25, 0.3) is 11.5 Å². The van der Waals surface area contributed by atoms with Crippen molar-refractivity contribution in [3.8, 4) is 23.0 Å². The number of amides is 1. The first-order valence-corrected chi connectivity index (χ1v) is 9.09. The summed E-state index contributed by atoms with van der Waals surface area (Å²) in [6, 6.07) is 5.33. The zero-order chi connectivity index (χ0) is 18.5. The molecular weight excluding hydrogens is 358 g/mol. The van der Waals surface area contributed by atoms with Crippen molar-refractivity contribution in [1.29, 1.82) is 0 Å². The summed E-state index contributed by atoms with van der Waals surface area (Å²) in [4.78, 5) is 14.3. The molecule has 1 amide bonds.